The van der Waals surface area contributed by atoms with Gasteiger partial charge in [0.2, 0.25) is 5.13 Å². The van der Waals surface area contributed by atoms with Gasteiger partial charge >= 0.3 is 12.1 Å². The predicted molar refractivity (Wildman–Crippen MR) is 123 cm³/mol. The summed E-state index contributed by atoms with van der Waals surface area (Å²) in [5.41, 5.74) is 0.910. The van der Waals surface area contributed by atoms with Crippen molar-refractivity contribution in [3.63, 3.8) is 0 Å². The van der Waals surface area contributed by atoms with Crippen molar-refractivity contribution in [2.75, 3.05) is 31.6 Å². The van der Waals surface area contributed by atoms with E-state index in [-0.39, 0.29) is 29.5 Å². The van der Waals surface area contributed by atoms with Crippen molar-refractivity contribution in [3.05, 3.63) is 40.9 Å². The number of nitrogens with zero attached hydrogens (tertiary/aromatic N) is 3. The molecule has 0 bridgehead atoms. The molecule has 0 saturated carbocycles. The second-order valence-corrected chi connectivity index (χ2v) is 9.83. The van der Waals surface area contributed by atoms with Gasteiger partial charge < -0.3 is 20.1 Å². The van der Waals surface area contributed by atoms with E-state index in [4.69, 9.17) is 9.47 Å². The average molecular weight is 495 g/mol. The Kier molecular flexibility index (Phi) is 6.65. The molecule has 1 aromatic carbocycles. The number of rotatable bonds is 6. The Morgan fingerprint density at radius 1 is 1.32 bits per heavy atom. The molecule has 3 heterocycles. The van der Waals surface area contributed by atoms with Crippen LogP contribution in [0.3, 0.4) is 0 Å². The summed E-state index contributed by atoms with van der Waals surface area (Å²) in [5.74, 6) is -2.44. The minimum atomic E-state index is -1.41. The zero-order valence-electron chi connectivity index (χ0n) is 19.1. The molecular weight excluding hydrogens is 468 g/mol. The summed E-state index contributed by atoms with van der Waals surface area (Å²) in [4.78, 5) is 26.5. The van der Waals surface area contributed by atoms with Crippen molar-refractivity contribution in [3.8, 4) is 0 Å². The van der Waals surface area contributed by atoms with Crippen molar-refractivity contribution in [1.29, 1.82) is 0 Å². The molecule has 2 aromatic rings. The number of benzene rings is 1. The summed E-state index contributed by atoms with van der Waals surface area (Å²) in [6.45, 7) is 6.07. The first-order chi connectivity index (χ1) is 16.1. The Hall–Kier alpha value is -2.96. The highest BCUT2D eigenvalue weighted by atomic mass is 32.1. The maximum Gasteiger partial charge on any atom is 0.523 e. The topological polar surface area (TPSA) is 102 Å². The molecule has 4 rings (SSSR count). The number of nitrogens with one attached hydrogen (secondary N) is 2. The van der Waals surface area contributed by atoms with Crippen LogP contribution in [0.1, 0.15) is 32.8 Å². The summed E-state index contributed by atoms with van der Waals surface area (Å²) in [7, 11) is 0. The number of cyclic esters (lactones) is 1. The Balaban J connectivity index is 1.83. The Morgan fingerprint density at radius 3 is 2.59 bits per heavy atom. The molecule has 1 amide bonds. The van der Waals surface area contributed by atoms with Gasteiger partial charge in [-0.05, 0) is 39.3 Å². The van der Waals surface area contributed by atoms with Crippen LogP contribution in [0.25, 0.3) is 5.57 Å². The van der Waals surface area contributed by atoms with Crippen molar-refractivity contribution in [2.24, 2.45) is 0 Å². The lowest BCUT2D eigenvalue weighted by Crippen LogP contribution is -2.65. The minimum Gasteiger partial charge on any atom is -0.454 e. The third-order valence-electron chi connectivity index (χ3n) is 5.56. The molecule has 1 saturated heterocycles. The summed E-state index contributed by atoms with van der Waals surface area (Å²) in [6.07, 6.45) is -0.0426. The predicted octanol–water partition coefficient (Wildman–Crippen LogP) is 3.43. The van der Waals surface area contributed by atoms with Crippen LogP contribution in [0.5, 0.6) is 0 Å². The number of aromatic nitrogens is 2. The smallest absolute Gasteiger partial charge is 0.454 e. The van der Waals surface area contributed by atoms with E-state index in [1.807, 2.05) is 0 Å². The number of halogens is 2. The number of ether oxygens (including phenoxy) is 2. The van der Waals surface area contributed by atoms with Gasteiger partial charge in [0, 0.05) is 24.2 Å². The number of carbonyl (C=O) groups excluding carboxylic acids is 2. The molecule has 0 radical (unpaired) electrons. The molecule has 9 nitrogen and oxygen atoms in total. The van der Waals surface area contributed by atoms with E-state index in [1.165, 1.54) is 5.51 Å². The van der Waals surface area contributed by atoms with Gasteiger partial charge in [0.1, 0.15) is 35.9 Å². The van der Waals surface area contributed by atoms with Gasteiger partial charge in [-0.3, -0.25) is 0 Å². The number of amides is 1. The van der Waals surface area contributed by atoms with E-state index in [1.54, 1.807) is 26.8 Å². The molecule has 1 aromatic heterocycles. The van der Waals surface area contributed by atoms with Gasteiger partial charge in [-0.15, -0.1) is 10.2 Å². The standard InChI is InChI=1S/C22H26F2N5O4S/c1-22(2,3)33-19(30)18(27-20-28-26-12-34-20)29(8-9-32-21(29)31)14-10-15(23)17(16(24)11-14)13-4-6-25-7-5-13/h4,10-12,18,25H,5-9H2,1-3H3,(H,27,28)/q+1/t18?,29-/m1/s1. The first-order valence-electron chi connectivity index (χ1n) is 10.8. The van der Waals surface area contributed by atoms with Crippen LogP contribution < -0.4 is 15.1 Å². The summed E-state index contributed by atoms with van der Waals surface area (Å²) >= 11 is 1.10. The summed E-state index contributed by atoms with van der Waals surface area (Å²) in [5, 5.41) is 13.9. The van der Waals surface area contributed by atoms with Crippen LogP contribution in [0.4, 0.5) is 24.4 Å². The fourth-order valence-corrected chi connectivity index (χ4v) is 4.58. The maximum atomic E-state index is 15.3. The molecule has 1 unspecified atom stereocenters. The SMILES string of the molecule is CC(C)(C)OC(=O)C(Nc1nncs1)[N@+]1(c2cc(F)c(C3=CCNCC3)c(F)c2)CCOC1=O. The number of quaternary nitrogens is 1. The molecule has 12 heteroatoms. The molecule has 1 fully saturated rings. The van der Waals surface area contributed by atoms with E-state index in [9.17, 15) is 9.59 Å². The fourth-order valence-electron chi connectivity index (χ4n) is 4.11. The van der Waals surface area contributed by atoms with Gasteiger partial charge in [-0.2, -0.15) is 9.28 Å². The second kappa shape index (κ2) is 9.35. The van der Waals surface area contributed by atoms with Crippen molar-refractivity contribution in [2.45, 2.75) is 39.0 Å². The number of carbonyl (C=O) groups is 2. The van der Waals surface area contributed by atoms with E-state index in [0.717, 1.165) is 23.5 Å². The zero-order chi connectivity index (χ0) is 24.5. The molecule has 2 aliphatic rings. The second-order valence-electron chi connectivity index (χ2n) is 9.00. The van der Waals surface area contributed by atoms with Gasteiger partial charge in [0.15, 0.2) is 5.69 Å². The highest BCUT2D eigenvalue weighted by Crippen LogP contribution is 2.37. The maximum absolute atomic E-state index is 15.3. The first-order valence-corrected chi connectivity index (χ1v) is 11.7. The van der Waals surface area contributed by atoms with Crippen LogP contribution in [-0.2, 0) is 14.3 Å². The van der Waals surface area contributed by atoms with Crippen LogP contribution in [0, 0.1) is 11.6 Å². The van der Waals surface area contributed by atoms with Gasteiger partial charge in [0.05, 0.1) is 0 Å². The molecule has 2 aliphatic heterocycles. The molecule has 0 aliphatic carbocycles. The average Bonchev–Trinajstić information content (AvgIpc) is 3.41. The molecule has 2 atom stereocenters. The highest BCUT2D eigenvalue weighted by molar-refractivity contribution is 7.13. The lowest BCUT2D eigenvalue weighted by atomic mass is 9.98. The fraction of sp³-hybridized carbons (Fsp3) is 0.455. The van der Waals surface area contributed by atoms with Crippen molar-refractivity contribution >= 4 is 39.8 Å². The number of hydrogen-bond acceptors (Lipinski definition) is 9. The third kappa shape index (κ3) is 4.65. The Labute approximate surface area is 199 Å². The number of anilines is 1. The lowest BCUT2D eigenvalue weighted by Gasteiger charge is -2.35. The summed E-state index contributed by atoms with van der Waals surface area (Å²) < 4.78 is 40.6. The van der Waals surface area contributed by atoms with Gasteiger partial charge in [-0.1, -0.05) is 17.4 Å². The lowest BCUT2D eigenvalue weighted by molar-refractivity contribution is -0.158. The van der Waals surface area contributed by atoms with Crippen LogP contribution >= 0.6 is 11.3 Å². The summed E-state index contributed by atoms with van der Waals surface area (Å²) in [6, 6.07) is 2.18. The highest BCUT2D eigenvalue weighted by Gasteiger charge is 2.57. The largest absolute Gasteiger partial charge is 0.523 e. The molecular formula is C22H26F2N5O4S+. The van der Waals surface area contributed by atoms with Crippen molar-refractivity contribution < 1.29 is 27.8 Å². The van der Waals surface area contributed by atoms with Gasteiger partial charge in [-0.25, -0.2) is 13.6 Å². The van der Waals surface area contributed by atoms with E-state index in [2.05, 4.69) is 20.8 Å². The quantitative estimate of drug-likeness (QED) is 0.465. The number of hydrogen-bond donors (Lipinski definition) is 2. The third-order valence-corrected chi connectivity index (χ3v) is 6.18. The monoisotopic (exact) mass is 494 g/mol. The molecule has 2 N–H and O–H groups in total. The van der Waals surface area contributed by atoms with E-state index < -0.39 is 39.9 Å². The molecule has 0 spiro atoms. The minimum absolute atomic E-state index is 0.0423. The van der Waals surface area contributed by atoms with Crippen LogP contribution in [0.2, 0.25) is 0 Å². The normalized spacial score (nSPS) is 21.6. The first kappa shape index (κ1) is 24.2. The van der Waals surface area contributed by atoms with Gasteiger partial charge in [0.25, 0.3) is 6.17 Å². The molecule has 34 heavy (non-hydrogen) atoms. The Morgan fingerprint density at radius 2 is 2.06 bits per heavy atom. The van der Waals surface area contributed by atoms with Crippen LogP contribution in [0.15, 0.2) is 23.7 Å². The van der Waals surface area contributed by atoms with E-state index in [0.29, 0.717) is 25.1 Å². The molecule has 182 valence electrons. The zero-order valence-corrected chi connectivity index (χ0v) is 19.9. The van der Waals surface area contributed by atoms with Crippen LogP contribution in [-0.4, -0.2) is 60.3 Å². The number of esters is 1. The Bertz CT molecular complexity index is 1100. The van der Waals surface area contributed by atoms with Crippen molar-refractivity contribution in [1.82, 2.24) is 20.0 Å². The van der Waals surface area contributed by atoms with E-state index >= 15 is 8.78 Å².